The molecule has 0 aromatic carbocycles. The van der Waals surface area contributed by atoms with Gasteiger partial charge in [0.15, 0.2) is 12.2 Å². The molecule has 0 heterocycles. The molecule has 0 bridgehead atoms. The number of phosphoric ester groups is 2. The van der Waals surface area contributed by atoms with Crippen molar-refractivity contribution in [2.24, 2.45) is 11.8 Å². The number of hydrogen-bond donors (Lipinski definition) is 3. The van der Waals surface area contributed by atoms with Crippen LogP contribution < -0.4 is 0 Å². The van der Waals surface area contributed by atoms with Crippen molar-refractivity contribution in [1.29, 1.82) is 0 Å². The van der Waals surface area contributed by atoms with Crippen LogP contribution in [0.25, 0.3) is 0 Å². The standard InChI is InChI=1S/C75H146O17P2/c1-7-9-11-13-15-17-18-28-35-41-47-53-59-74(79)91-70(63-85-72(77)57-51-45-39-16-14-12-10-8-2)65-89-93(81,82)87-61-69(76)62-88-94(83,84)90-66-71(64-86-73(78)58-52-46-40-34-31-30-33-38-44-50-56-68(5)6)92-75(80)60-54-48-42-36-29-26-24-22-20-19-21-23-25-27-32-37-43-49-55-67(3)4/h67-71,76H,7-66H2,1-6H3,(H,81,82)(H,83,84)/t69-,70+,71+/m0/s1. The lowest BCUT2D eigenvalue weighted by atomic mass is 10.0. The highest BCUT2D eigenvalue weighted by atomic mass is 31.2. The van der Waals surface area contributed by atoms with Crippen molar-refractivity contribution < 1.29 is 80.2 Å². The second-order valence-electron chi connectivity index (χ2n) is 28.0. The number of unbranched alkanes of at least 4 members (excludes halogenated alkanes) is 44. The Bertz CT molecular complexity index is 1820. The van der Waals surface area contributed by atoms with E-state index < -0.39 is 97.5 Å². The zero-order chi connectivity index (χ0) is 69.3. The van der Waals surface area contributed by atoms with Gasteiger partial charge in [0.1, 0.15) is 19.3 Å². The number of phosphoric acid groups is 2. The number of esters is 4. The van der Waals surface area contributed by atoms with Crippen molar-refractivity contribution in [2.45, 2.75) is 407 Å². The lowest BCUT2D eigenvalue weighted by Gasteiger charge is -2.21. The summed E-state index contributed by atoms with van der Waals surface area (Å²) in [5, 5.41) is 10.6. The third kappa shape index (κ3) is 68.6. The molecule has 0 aromatic heterocycles. The van der Waals surface area contributed by atoms with Gasteiger partial charge in [0.2, 0.25) is 0 Å². The first-order valence-corrected chi connectivity index (χ1v) is 42.0. The van der Waals surface area contributed by atoms with Crippen molar-refractivity contribution in [3.63, 3.8) is 0 Å². The quantitative estimate of drug-likeness (QED) is 0.0222. The van der Waals surface area contributed by atoms with Gasteiger partial charge < -0.3 is 33.8 Å². The lowest BCUT2D eigenvalue weighted by molar-refractivity contribution is -0.161. The van der Waals surface area contributed by atoms with E-state index in [1.54, 1.807) is 0 Å². The minimum atomic E-state index is -4.96. The van der Waals surface area contributed by atoms with Crippen LogP contribution in [0.4, 0.5) is 0 Å². The van der Waals surface area contributed by atoms with Crippen molar-refractivity contribution >= 4 is 39.5 Å². The molecule has 94 heavy (non-hydrogen) atoms. The van der Waals surface area contributed by atoms with Gasteiger partial charge in [-0.25, -0.2) is 9.13 Å². The molecular weight excluding hydrogens is 1230 g/mol. The molecule has 3 N–H and O–H groups in total. The van der Waals surface area contributed by atoms with Gasteiger partial charge in [-0.15, -0.1) is 0 Å². The summed E-state index contributed by atoms with van der Waals surface area (Å²) in [5.41, 5.74) is 0. The summed E-state index contributed by atoms with van der Waals surface area (Å²) in [6, 6.07) is 0. The first kappa shape index (κ1) is 92.1. The van der Waals surface area contributed by atoms with Crippen molar-refractivity contribution in [2.75, 3.05) is 39.6 Å². The maximum Gasteiger partial charge on any atom is 0.472 e. The molecule has 0 saturated carbocycles. The van der Waals surface area contributed by atoms with E-state index in [9.17, 15) is 43.2 Å². The molecule has 0 aromatic rings. The molecular formula is C75H146O17P2. The molecule has 0 radical (unpaired) electrons. The van der Waals surface area contributed by atoms with Gasteiger partial charge in [0.25, 0.3) is 0 Å². The molecule has 0 amide bonds. The Kier molecular flexibility index (Phi) is 65.5. The van der Waals surface area contributed by atoms with E-state index in [4.69, 9.17) is 37.0 Å². The molecule has 0 aliphatic carbocycles. The van der Waals surface area contributed by atoms with Crippen molar-refractivity contribution in [3.8, 4) is 0 Å². The van der Waals surface area contributed by atoms with Gasteiger partial charge in [0, 0.05) is 25.7 Å². The third-order valence-corrected chi connectivity index (χ3v) is 19.4. The zero-order valence-electron chi connectivity index (χ0n) is 61.3. The summed E-state index contributed by atoms with van der Waals surface area (Å²) in [7, 11) is -9.90. The minimum Gasteiger partial charge on any atom is -0.462 e. The summed E-state index contributed by atoms with van der Waals surface area (Å²) in [6.07, 6.45) is 54.2. The number of rotatable bonds is 74. The van der Waals surface area contributed by atoms with Crippen LogP contribution in [0.5, 0.6) is 0 Å². The predicted octanol–water partition coefficient (Wildman–Crippen LogP) is 21.9. The molecule has 0 fully saturated rings. The summed E-state index contributed by atoms with van der Waals surface area (Å²) in [5.74, 6) is -0.540. The molecule has 0 saturated heterocycles. The van der Waals surface area contributed by atoms with Crippen LogP contribution in [0, 0.1) is 11.8 Å². The first-order chi connectivity index (χ1) is 45.4. The van der Waals surface area contributed by atoms with E-state index in [2.05, 4.69) is 41.5 Å². The maximum absolute atomic E-state index is 13.1. The van der Waals surface area contributed by atoms with Crippen LogP contribution in [-0.2, 0) is 65.4 Å². The zero-order valence-corrected chi connectivity index (χ0v) is 63.1. The topological polar surface area (TPSA) is 237 Å². The van der Waals surface area contributed by atoms with Crippen LogP contribution in [0.2, 0.25) is 0 Å². The minimum absolute atomic E-state index is 0.107. The highest BCUT2D eigenvalue weighted by Gasteiger charge is 2.30. The van der Waals surface area contributed by atoms with E-state index in [0.717, 1.165) is 108 Å². The van der Waals surface area contributed by atoms with E-state index in [1.807, 2.05) is 0 Å². The summed E-state index contributed by atoms with van der Waals surface area (Å²) in [4.78, 5) is 72.6. The Balaban J connectivity index is 5.17. The largest absolute Gasteiger partial charge is 0.472 e. The fourth-order valence-electron chi connectivity index (χ4n) is 11.5. The van der Waals surface area contributed by atoms with Gasteiger partial charge >= 0.3 is 39.5 Å². The first-order valence-electron chi connectivity index (χ1n) is 39.0. The molecule has 0 aliphatic rings. The Morgan fingerprint density at radius 1 is 0.287 bits per heavy atom. The molecule has 0 rings (SSSR count). The molecule has 2 unspecified atom stereocenters. The molecule has 19 heteroatoms. The predicted molar refractivity (Wildman–Crippen MR) is 381 cm³/mol. The fraction of sp³-hybridized carbons (Fsp3) is 0.947. The normalized spacial score (nSPS) is 14.0. The van der Waals surface area contributed by atoms with Gasteiger partial charge in [0.05, 0.1) is 26.4 Å². The number of hydrogen-bond acceptors (Lipinski definition) is 15. The average molecular weight is 1380 g/mol. The number of aliphatic hydroxyl groups excluding tert-OH is 1. The summed E-state index contributed by atoms with van der Waals surface area (Å²) >= 11 is 0. The van der Waals surface area contributed by atoms with Crippen LogP contribution in [0.1, 0.15) is 388 Å². The number of ether oxygens (including phenoxy) is 4. The lowest BCUT2D eigenvalue weighted by Crippen LogP contribution is -2.30. The highest BCUT2D eigenvalue weighted by Crippen LogP contribution is 2.45. The second-order valence-corrected chi connectivity index (χ2v) is 30.9. The number of carbonyl (C=O) groups is 4. The van der Waals surface area contributed by atoms with Gasteiger partial charge in [-0.3, -0.25) is 37.3 Å². The third-order valence-electron chi connectivity index (χ3n) is 17.5. The Labute approximate surface area is 575 Å². The Hall–Kier alpha value is -1.94. The number of aliphatic hydroxyl groups is 1. The maximum atomic E-state index is 13.1. The summed E-state index contributed by atoms with van der Waals surface area (Å²) in [6.45, 7) is 9.59. The highest BCUT2D eigenvalue weighted by molar-refractivity contribution is 7.47. The van der Waals surface area contributed by atoms with Crippen LogP contribution in [0.15, 0.2) is 0 Å². The average Bonchev–Trinajstić information content (AvgIpc) is 1.67. The van der Waals surface area contributed by atoms with Crippen LogP contribution in [0.3, 0.4) is 0 Å². The SMILES string of the molecule is CCCCCCCCCCCCCCC(=O)O[C@H](COC(=O)CCCCCCCCCC)COP(=O)(O)OC[C@H](O)COP(=O)(O)OC[C@@H](COC(=O)CCCCCCCCCCCCC(C)C)OC(=O)CCCCCCCCCCCCCCCCCCCCC(C)C. The molecule has 558 valence electrons. The molecule has 17 nitrogen and oxygen atoms in total. The van der Waals surface area contributed by atoms with E-state index >= 15 is 0 Å². The van der Waals surface area contributed by atoms with Crippen molar-refractivity contribution in [3.05, 3.63) is 0 Å². The second kappa shape index (κ2) is 66.9. The van der Waals surface area contributed by atoms with Crippen LogP contribution >= 0.6 is 15.6 Å². The van der Waals surface area contributed by atoms with E-state index in [-0.39, 0.29) is 25.7 Å². The van der Waals surface area contributed by atoms with Crippen LogP contribution in [-0.4, -0.2) is 96.7 Å². The van der Waals surface area contributed by atoms with Crippen molar-refractivity contribution in [1.82, 2.24) is 0 Å². The summed E-state index contributed by atoms with van der Waals surface area (Å²) < 4.78 is 68.4. The van der Waals surface area contributed by atoms with Gasteiger partial charge in [-0.2, -0.15) is 0 Å². The fourth-order valence-corrected chi connectivity index (χ4v) is 13.1. The molecule has 0 aliphatic heterocycles. The molecule has 5 atom stereocenters. The number of carbonyl (C=O) groups excluding carboxylic acids is 4. The van der Waals surface area contributed by atoms with E-state index in [0.29, 0.717) is 25.7 Å². The Morgan fingerprint density at radius 2 is 0.489 bits per heavy atom. The van der Waals surface area contributed by atoms with Gasteiger partial charge in [-0.05, 0) is 37.5 Å². The van der Waals surface area contributed by atoms with Gasteiger partial charge in [-0.1, -0.05) is 337 Å². The monoisotopic (exact) mass is 1380 g/mol. The van der Waals surface area contributed by atoms with E-state index in [1.165, 1.54) is 199 Å². The smallest absolute Gasteiger partial charge is 0.462 e. The molecule has 0 spiro atoms. The Morgan fingerprint density at radius 3 is 0.723 bits per heavy atom.